The summed E-state index contributed by atoms with van der Waals surface area (Å²) in [6, 6.07) is 7.89. The van der Waals surface area contributed by atoms with E-state index in [9.17, 15) is 4.79 Å². The molecule has 98 valence electrons. The van der Waals surface area contributed by atoms with Crippen molar-refractivity contribution >= 4 is 16.9 Å². The molecule has 1 unspecified atom stereocenters. The number of hydrogen-bond donors (Lipinski definition) is 3. The van der Waals surface area contributed by atoms with Gasteiger partial charge in [-0.2, -0.15) is 5.10 Å². The van der Waals surface area contributed by atoms with Crippen LogP contribution < -0.4 is 11.0 Å². The molecule has 3 aromatic rings. The maximum atomic E-state index is 11.2. The van der Waals surface area contributed by atoms with E-state index in [0.717, 1.165) is 22.4 Å². The second-order valence-electron chi connectivity index (χ2n) is 4.62. The molecule has 0 aliphatic heterocycles. The number of fused-ring (bicyclic) bond motifs is 1. The molecule has 0 fully saturated rings. The minimum absolute atomic E-state index is 0.109. The van der Waals surface area contributed by atoms with Gasteiger partial charge >= 0.3 is 5.69 Å². The fraction of sp³-hybridized carbons (Fsp3) is 0.231. The third-order valence-corrected chi connectivity index (χ3v) is 3.12. The Balaban J connectivity index is 1.88. The summed E-state index contributed by atoms with van der Waals surface area (Å²) in [6.45, 7) is 2.06. The third kappa shape index (κ3) is 2.24. The zero-order chi connectivity index (χ0) is 13.4. The highest BCUT2D eigenvalue weighted by atomic mass is 16.1. The topological polar surface area (TPSA) is 78.5 Å². The van der Waals surface area contributed by atoms with Gasteiger partial charge in [-0.05, 0) is 24.6 Å². The van der Waals surface area contributed by atoms with Crippen molar-refractivity contribution in [3.8, 4) is 0 Å². The predicted octanol–water partition coefficient (Wildman–Crippen LogP) is 1.76. The van der Waals surface area contributed by atoms with Gasteiger partial charge in [0.2, 0.25) is 0 Å². The highest BCUT2D eigenvalue weighted by molar-refractivity contribution is 5.75. The lowest BCUT2D eigenvalue weighted by atomic mass is 10.1. The molecule has 2 aromatic heterocycles. The first-order valence-corrected chi connectivity index (χ1v) is 6.10. The molecule has 3 rings (SSSR count). The maximum Gasteiger partial charge on any atom is 0.323 e. The lowest BCUT2D eigenvalue weighted by Crippen LogP contribution is -2.07. The van der Waals surface area contributed by atoms with E-state index >= 15 is 0 Å². The third-order valence-electron chi connectivity index (χ3n) is 3.12. The number of nitrogens with one attached hydrogen (secondary N) is 3. The van der Waals surface area contributed by atoms with Crippen LogP contribution in [0.5, 0.6) is 0 Å². The molecule has 0 spiro atoms. The summed E-state index contributed by atoms with van der Waals surface area (Å²) in [5.74, 6) is 0.831. The summed E-state index contributed by atoms with van der Waals surface area (Å²) in [5, 5.41) is 7.60. The van der Waals surface area contributed by atoms with E-state index in [-0.39, 0.29) is 11.7 Å². The molecule has 3 N–H and O–H groups in total. The second kappa shape index (κ2) is 4.31. The highest BCUT2D eigenvalue weighted by Gasteiger charge is 2.08. The van der Waals surface area contributed by atoms with E-state index < -0.39 is 0 Å². The van der Waals surface area contributed by atoms with Gasteiger partial charge in [-0.1, -0.05) is 6.07 Å². The van der Waals surface area contributed by atoms with Crippen LogP contribution >= 0.6 is 0 Å². The van der Waals surface area contributed by atoms with Crippen LogP contribution in [0.3, 0.4) is 0 Å². The molecular weight excluding hydrogens is 242 g/mol. The Bertz CT molecular complexity index is 767. The molecule has 0 saturated carbocycles. The summed E-state index contributed by atoms with van der Waals surface area (Å²) in [6.07, 6.45) is 1.89. The van der Waals surface area contributed by atoms with Gasteiger partial charge in [0.05, 0.1) is 17.1 Å². The monoisotopic (exact) mass is 257 g/mol. The molecule has 1 aromatic carbocycles. The summed E-state index contributed by atoms with van der Waals surface area (Å²) < 4.78 is 1.75. The van der Waals surface area contributed by atoms with Crippen molar-refractivity contribution in [2.75, 3.05) is 5.32 Å². The number of aryl methyl sites for hydroxylation is 1. The summed E-state index contributed by atoms with van der Waals surface area (Å²) >= 11 is 0. The Morgan fingerprint density at radius 2 is 2.05 bits per heavy atom. The van der Waals surface area contributed by atoms with E-state index in [1.54, 1.807) is 4.68 Å². The van der Waals surface area contributed by atoms with Crippen LogP contribution in [0.2, 0.25) is 0 Å². The lowest BCUT2D eigenvalue weighted by molar-refractivity contribution is 0.760. The quantitative estimate of drug-likeness (QED) is 0.669. The van der Waals surface area contributed by atoms with E-state index in [1.807, 2.05) is 37.5 Å². The van der Waals surface area contributed by atoms with E-state index in [4.69, 9.17) is 0 Å². The van der Waals surface area contributed by atoms with Gasteiger partial charge in [-0.15, -0.1) is 0 Å². The van der Waals surface area contributed by atoms with Crippen LogP contribution in [-0.4, -0.2) is 19.7 Å². The Labute approximate surface area is 109 Å². The molecular formula is C13H15N5O. The Kier molecular flexibility index (Phi) is 2.63. The van der Waals surface area contributed by atoms with Crippen molar-refractivity contribution in [1.82, 2.24) is 19.7 Å². The van der Waals surface area contributed by atoms with Gasteiger partial charge in [0, 0.05) is 19.3 Å². The number of aromatic amines is 2. The minimum atomic E-state index is -0.183. The van der Waals surface area contributed by atoms with Gasteiger partial charge in [-0.3, -0.25) is 4.68 Å². The average Bonchev–Trinajstić information content (AvgIpc) is 2.93. The number of anilines is 1. The summed E-state index contributed by atoms with van der Waals surface area (Å²) in [5.41, 5.74) is 2.54. The maximum absolute atomic E-state index is 11.2. The number of nitrogens with zero attached hydrogens (tertiary/aromatic N) is 2. The lowest BCUT2D eigenvalue weighted by Gasteiger charge is -2.13. The number of H-pyrrole nitrogens is 2. The van der Waals surface area contributed by atoms with Crippen LogP contribution in [0.15, 0.2) is 35.3 Å². The van der Waals surface area contributed by atoms with Crippen LogP contribution in [0, 0.1) is 0 Å². The van der Waals surface area contributed by atoms with Gasteiger partial charge < -0.3 is 15.3 Å². The first-order chi connectivity index (χ1) is 9.11. The second-order valence-corrected chi connectivity index (χ2v) is 4.62. The molecule has 1 atom stereocenters. The highest BCUT2D eigenvalue weighted by Crippen LogP contribution is 2.20. The van der Waals surface area contributed by atoms with Crippen LogP contribution in [0.25, 0.3) is 11.0 Å². The molecule has 0 amide bonds. The van der Waals surface area contributed by atoms with Crippen LogP contribution in [0.1, 0.15) is 18.5 Å². The summed E-state index contributed by atoms with van der Waals surface area (Å²) in [7, 11) is 1.88. The Hall–Kier alpha value is -2.50. The van der Waals surface area contributed by atoms with Crippen LogP contribution in [-0.2, 0) is 7.05 Å². The minimum Gasteiger partial charge on any atom is -0.362 e. The fourth-order valence-electron chi connectivity index (χ4n) is 2.12. The van der Waals surface area contributed by atoms with E-state index in [1.165, 1.54) is 0 Å². The molecule has 0 radical (unpaired) electrons. The predicted molar refractivity (Wildman–Crippen MR) is 74.2 cm³/mol. The Morgan fingerprint density at radius 3 is 2.79 bits per heavy atom. The first kappa shape index (κ1) is 11.6. The number of benzene rings is 1. The molecule has 2 heterocycles. The molecule has 0 aliphatic carbocycles. The fourth-order valence-corrected chi connectivity index (χ4v) is 2.12. The molecule has 6 nitrogen and oxygen atoms in total. The van der Waals surface area contributed by atoms with Crippen molar-refractivity contribution in [2.45, 2.75) is 13.0 Å². The SMILES string of the molecule is CC(Nc1ccn(C)n1)c1ccc2[nH]c(=O)[nH]c2c1. The van der Waals surface area contributed by atoms with Crippen molar-refractivity contribution in [3.63, 3.8) is 0 Å². The number of aromatic nitrogens is 4. The average molecular weight is 257 g/mol. The van der Waals surface area contributed by atoms with Crippen molar-refractivity contribution in [2.24, 2.45) is 7.05 Å². The normalized spacial score (nSPS) is 12.7. The van der Waals surface area contributed by atoms with E-state index in [2.05, 4.69) is 27.3 Å². The zero-order valence-corrected chi connectivity index (χ0v) is 10.8. The number of rotatable bonds is 3. The van der Waals surface area contributed by atoms with Gasteiger partial charge in [-0.25, -0.2) is 4.79 Å². The van der Waals surface area contributed by atoms with Gasteiger partial charge in [0.25, 0.3) is 0 Å². The molecule has 0 aliphatic rings. The first-order valence-electron chi connectivity index (χ1n) is 6.10. The van der Waals surface area contributed by atoms with Crippen molar-refractivity contribution in [1.29, 1.82) is 0 Å². The standard InChI is InChI=1S/C13H15N5O/c1-8(14-12-5-6-18(2)17-12)9-3-4-10-11(7-9)16-13(19)15-10/h3-8H,1-2H3,(H,14,17)(H2,15,16,19). The Morgan fingerprint density at radius 1 is 1.26 bits per heavy atom. The summed E-state index contributed by atoms with van der Waals surface area (Å²) in [4.78, 5) is 16.7. The molecule has 0 bridgehead atoms. The smallest absolute Gasteiger partial charge is 0.323 e. The largest absolute Gasteiger partial charge is 0.362 e. The number of imidazole rings is 1. The molecule has 19 heavy (non-hydrogen) atoms. The van der Waals surface area contributed by atoms with E-state index in [0.29, 0.717) is 0 Å². The van der Waals surface area contributed by atoms with Crippen molar-refractivity contribution in [3.05, 3.63) is 46.5 Å². The van der Waals surface area contributed by atoms with Gasteiger partial charge in [0.15, 0.2) is 0 Å². The van der Waals surface area contributed by atoms with Crippen LogP contribution in [0.4, 0.5) is 5.82 Å². The zero-order valence-electron chi connectivity index (χ0n) is 10.8. The number of hydrogen-bond acceptors (Lipinski definition) is 3. The van der Waals surface area contributed by atoms with Gasteiger partial charge in [0.1, 0.15) is 5.82 Å². The van der Waals surface area contributed by atoms with Crippen molar-refractivity contribution < 1.29 is 0 Å². The molecule has 0 saturated heterocycles. The molecule has 6 heteroatoms.